The standard InChI is InChI=1S/C20H25NO4/c1-20(2,13-22)18(24)19(25)21-11-10-16(23)12-15-8-5-7-14-6-3-4-9-17(14)15/h3-9,18,22,24H,10-13H2,1-2H3,(H,21,25)/t18-/m0/s1. The van der Waals surface area contributed by atoms with Gasteiger partial charge in [0.05, 0.1) is 6.61 Å². The van der Waals surface area contributed by atoms with Gasteiger partial charge in [-0.2, -0.15) is 0 Å². The summed E-state index contributed by atoms with van der Waals surface area (Å²) in [5.74, 6) is -0.551. The Hall–Kier alpha value is -2.24. The van der Waals surface area contributed by atoms with Gasteiger partial charge in [-0.3, -0.25) is 9.59 Å². The van der Waals surface area contributed by atoms with Crippen molar-refractivity contribution in [1.82, 2.24) is 5.32 Å². The normalized spacial score (nSPS) is 12.8. The van der Waals surface area contributed by atoms with Crippen LogP contribution in [0.25, 0.3) is 10.8 Å². The van der Waals surface area contributed by atoms with Crippen LogP contribution in [0.3, 0.4) is 0 Å². The lowest BCUT2D eigenvalue weighted by Gasteiger charge is -2.27. The number of fused-ring (bicyclic) bond motifs is 1. The molecule has 2 aromatic rings. The van der Waals surface area contributed by atoms with Crippen LogP contribution in [0.5, 0.6) is 0 Å². The molecule has 0 aromatic heterocycles. The number of amides is 1. The molecule has 3 N–H and O–H groups in total. The molecule has 0 saturated carbocycles. The summed E-state index contributed by atoms with van der Waals surface area (Å²) in [6.45, 7) is 3.06. The van der Waals surface area contributed by atoms with Gasteiger partial charge in [0.1, 0.15) is 11.9 Å². The summed E-state index contributed by atoms with van der Waals surface area (Å²) in [5.41, 5.74) is 0.0488. The van der Waals surface area contributed by atoms with Crippen LogP contribution >= 0.6 is 0 Å². The van der Waals surface area contributed by atoms with Gasteiger partial charge in [-0.25, -0.2) is 0 Å². The summed E-state index contributed by atoms with van der Waals surface area (Å²) in [7, 11) is 0. The van der Waals surface area contributed by atoms with Gasteiger partial charge < -0.3 is 15.5 Å². The van der Waals surface area contributed by atoms with E-state index in [1.54, 1.807) is 13.8 Å². The minimum absolute atomic E-state index is 0.0209. The minimum Gasteiger partial charge on any atom is -0.396 e. The minimum atomic E-state index is -1.31. The highest BCUT2D eigenvalue weighted by Gasteiger charge is 2.32. The average molecular weight is 343 g/mol. The number of hydrogen-bond donors (Lipinski definition) is 3. The molecule has 0 fully saturated rings. The molecule has 0 unspecified atom stereocenters. The molecule has 0 heterocycles. The van der Waals surface area contributed by atoms with Crippen molar-refractivity contribution < 1.29 is 19.8 Å². The number of Topliss-reactive ketones (excluding diaryl/α,β-unsaturated/α-hetero) is 1. The summed E-state index contributed by atoms with van der Waals surface area (Å²) in [5, 5.41) is 23.8. The van der Waals surface area contributed by atoms with E-state index in [-0.39, 0.29) is 25.4 Å². The second-order valence-electron chi connectivity index (χ2n) is 6.94. The number of carbonyl (C=O) groups is 2. The number of ketones is 1. The Morgan fingerprint density at radius 3 is 2.52 bits per heavy atom. The Labute approximate surface area is 147 Å². The molecule has 5 nitrogen and oxygen atoms in total. The Morgan fingerprint density at radius 2 is 1.80 bits per heavy atom. The van der Waals surface area contributed by atoms with Crippen LogP contribution in [0.15, 0.2) is 42.5 Å². The zero-order chi connectivity index (χ0) is 18.4. The molecule has 0 spiro atoms. The number of carbonyl (C=O) groups excluding carboxylic acids is 2. The van der Waals surface area contributed by atoms with E-state index in [1.165, 1.54) is 0 Å². The summed E-state index contributed by atoms with van der Waals surface area (Å²) in [6.07, 6.45) is -0.811. The lowest BCUT2D eigenvalue weighted by atomic mass is 9.87. The summed E-state index contributed by atoms with van der Waals surface area (Å²) in [4.78, 5) is 24.1. The first-order valence-corrected chi connectivity index (χ1v) is 8.40. The van der Waals surface area contributed by atoms with E-state index >= 15 is 0 Å². The van der Waals surface area contributed by atoms with Crippen molar-refractivity contribution >= 4 is 22.5 Å². The maximum absolute atomic E-state index is 12.2. The van der Waals surface area contributed by atoms with Crippen molar-refractivity contribution in [2.45, 2.75) is 32.8 Å². The molecule has 0 aliphatic heterocycles. The van der Waals surface area contributed by atoms with Crippen LogP contribution in [-0.2, 0) is 16.0 Å². The smallest absolute Gasteiger partial charge is 0.249 e. The first-order valence-electron chi connectivity index (χ1n) is 8.40. The van der Waals surface area contributed by atoms with Crippen LogP contribution in [0.1, 0.15) is 25.8 Å². The van der Waals surface area contributed by atoms with Gasteiger partial charge in [0.2, 0.25) is 5.91 Å². The lowest BCUT2D eigenvalue weighted by Crippen LogP contribution is -2.46. The fourth-order valence-electron chi connectivity index (χ4n) is 2.61. The van der Waals surface area contributed by atoms with Crippen molar-refractivity contribution in [3.05, 3.63) is 48.0 Å². The van der Waals surface area contributed by atoms with Crippen LogP contribution in [0, 0.1) is 5.41 Å². The molecule has 2 aromatic carbocycles. The maximum Gasteiger partial charge on any atom is 0.249 e. The highest BCUT2D eigenvalue weighted by molar-refractivity contribution is 5.91. The van der Waals surface area contributed by atoms with Crippen LogP contribution in [0.2, 0.25) is 0 Å². The first-order chi connectivity index (χ1) is 11.8. The number of benzene rings is 2. The van der Waals surface area contributed by atoms with E-state index < -0.39 is 17.4 Å². The fraction of sp³-hybridized carbons (Fsp3) is 0.400. The Bertz CT molecular complexity index is 749. The van der Waals surface area contributed by atoms with Crippen LogP contribution in [0.4, 0.5) is 0 Å². The topological polar surface area (TPSA) is 86.6 Å². The second kappa shape index (κ2) is 8.23. The van der Waals surface area contributed by atoms with Gasteiger partial charge in [0.15, 0.2) is 0 Å². The summed E-state index contributed by atoms with van der Waals surface area (Å²) < 4.78 is 0. The maximum atomic E-state index is 12.2. The summed E-state index contributed by atoms with van der Waals surface area (Å²) in [6, 6.07) is 13.8. The molecule has 5 heteroatoms. The van der Waals surface area contributed by atoms with E-state index in [0.29, 0.717) is 6.42 Å². The molecular weight excluding hydrogens is 318 g/mol. The number of rotatable bonds is 8. The highest BCUT2D eigenvalue weighted by Crippen LogP contribution is 2.20. The molecule has 134 valence electrons. The number of nitrogens with one attached hydrogen (secondary N) is 1. The molecule has 25 heavy (non-hydrogen) atoms. The molecule has 1 atom stereocenters. The molecule has 2 rings (SSSR count). The van der Waals surface area contributed by atoms with Crippen molar-refractivity contribution in [1.29, 1.82) is 0 Å². The van der Waals surface area contributed by atoms with E-state index in [2.05, 4.69) is 5.32 Å². The third-order valence-electron chi connectivity index (χ3n) is 4.37. The SMILES string of the molecule is CC(C)(CO)[C@@H](O)C(=O)NCCC(=O)Cc1cccc2ccccc12. The Balaban J connectivity index is 1.88. The van der Waals surface area contributed by atoms with Crippen molar-refractivity contribution in [2.24, 2.45) is 5.41 Å². The van der Waals surface area contributed by atoms with Gasteiger partial charge in [-0.1, -0.05) is 56.3 Å². The van der Waals surface area contributed by atoms with Gasteiger partial charge in [-0.15, -0.1) is 0 Å². The van der Waals surface area contributed by atoms with E-state index in [9.17, 15) is 19.8 Å². The van der Waals surface area contributed by atoms with E-state index in [0.717, 1.165) is 16.3 Å². The fourth-order valence-corrected chi connectivity index (χ4v) is 2.61. The molecule has 0 aliphatic rings. The zero-order valence-electron chi connectivity index (χ0n) is 14.7. The van der Waals surface area contributed by atoms with Crippen molar-refractivity contribution in [3.63, 3.8) is 0 Å². The van der Waals surface area contributed by atoms with Crippen LogP contribution < -0.4 is 5.32 Å². The largest absolute Gasteiger partial charge is 0.396 e. The van der Waals surface area contributed by atoms with Gasteiger partial charge in [-0.05, 0) is 16.3 Å². The van der Waals surface area contributed by atoms with Gasteiger partial charge in [0, 0.05) is 24.8 Å². The van der Waals surface area contributed by atoms with Crippen molar-refractivity contribution in [2.75, 3.05) is 13.2 Å². The highest BCUT2D eigenvalue weighted by atomic mass is 16.3. The van der Waals surface area contributed by atoms with Gasteiger partial charge in [0.25, 0.3) is 0 Å². The predicted molar refractivity (Wildman–Crippen MR) is 97.2 cm³/mol. The zero-order valence-corrected chi connectivity index (χ0v) is 14.7. The lowest BCUT2D eigenvalue weighted by molar-refractivity contribution is -0.137. The monoisotopic (exact) mass is 343 g/mol. The number of hydrogen-bond acceptors (Lipinski definition) is 4. The quantitative estimate of drug-likeness (QED) is 0.682. The van der Waals surface area contributed by atoms with Gasteiger partial charge >= 0.3 is 0 Å². The third kappa shape index (κ3) is 4.87. The van der Waals surface area contributed by atoms with E-state index in [1.807, 2.05) is 42.5 Å². The molecule has 1 amide bonds. The van der Waals surface area contributed by atoms with E-state index in [4.69, 9.17) is 0 Å². The number of aliphatic hydroxyl groups excluding tert-OH is 2. The first kappa shape index (κ1) is 19.1. The third-order valence-corrected chi connectivity index (χ3v) is 4.37. The molecule has 0 radical (unpaired) electrons. The molecule has 0 bridgehead atoms. The molecular formula is C20H25NO4. The predicted octanol–water partition coefficient (Wildman–Crippen LogP) is 1.84. The Morgan fingerprint density at radius 1 is 1.12 bits per heavy atom. The second-order valence-corrected chi connectivity index (χ2v) is 6.94. The average Bonchev–Trinajstić information content (AvgIpc) is 2.61. The van der Waals surface area contributed by atoms with Crippen molar-refractivity contribution in [3.8, 4) is 0 Å². The molecule has 0 saturated heterocycles. The Kier molecular flexibility index (Phi) is 6.28. The summed E-state index contributed by atoms with van der Waals surface area (Å²) >= 11 is 0. The van der Waals surface area contributed by atoms with Crippen LogP contribution in [-0.4, -0.2) is 41.2 Å². The number of aliphatic hydroxyl groups is 2. The molecule has 0 aliphatic carbocycles.